The molecule has 100 valence electrons. The highest BCUT2D eigenvalue weighted by atomic mass is 15.1. The van der Waals surface area contributed by atoms with Crippen LogP contribution in [0.15, 0.2) is 24.3 Å². The third kappa shape index (κ3) is 3.56. The van der Waals surface area contributed by atoms with E-state index in [1.54, 1.807) is 0 Å². The van der Waals surface area contributed by atoms with Gasteiger partial charge in [-0.05, 0) is 43.0 Å². The highest BCUT2D eigenvalue weighted by molar-refractivity contribution is 5.22. The van der Waals surface area contributed by atoms with Crippen LogP contribution in [0.2, 0.25) is 0 Å². The maximum Gasteiger partial charge on any atom is 0.0233 e. The van der Waals surface area contributed by atoms with Gasteiger partial charge in [0.1, 0.15) is 0 Å². The van der Waals surface area contributed by atoms with Crippen LogP contribution in [0.25, 0.3) is 0 Å². The summed E-state index contributed by atoms with van der Waals surface area (Å²) in [5.41, 5.74) is 2.81. The van der Waals surface area contributed by atoms with Crippen molar-refractivity contribution in [3.8, 4) is 0 Å². The minimum absolute atomic E-state index is 0.827. The Hall–Kier alpha value is -0.860. The Labute approximate surface area is 111 Å². The van der Waals surface area contributed by atoms with Gasteiger partial charge in [-0.25, -0.2) is 0 Å². The van der Waals surface area contributed by atoms with E-state index in [1.165, 1.54) is 30.6 Å². The summed E-state index contributed by atoms with van der Waals surface area (Å²) >= 11 is 0. The quantitative estimate of drug-likeness (QED) is 0.859. The van der Waals surface area contributed by atoms with Crippen LogP contribution >= 0.6 is 0 Å². The Morgan fingerprint density at radius 2 is 1.89 bits per heavy atom. The lowest BCUT2D eigenvalue weighted by Gasteiger charge is -2.18. The van der Waals surface area contributed by atoms with Crippen molar-refractivity contribution in [2.45, 2.75) is 33.4 Å². The molecule has 0 saturated carbocycles. The summed E-state index contributed by atoms with van der Waals surface area (Å²) in [5.74, 6) is 1.72. The van der Waals surface area contributed by atoms with E-state index in [4.69, 9.17) is 0 Å². The van der Waals surface area contributed by atoms with Crippen molar-refractivity contribution in [3.05, 3.63) is 35.4 Å². The number of hydrogen-bond acceptors (Lipinski definition) is 2. The summed E-state index contributed by atoms with van der Waals surface area (Å²) < 4.78 is 0. The van der Waals surface area contributed by atoms with Crippen molar-refractivity contribution in [1.29, 1.82) is 0 Å². The maximum absolute atomic E-state index is 3.18. The normalized spacial score (nSPS) is 20.8. The van der Waals surface area contributed by atoms with Gasteiger partial charge >= 0.3 is 0 Å². The summed E-state index contributed by atoms with van der Waals surface area (Å²) in [5, 5.41) is 3.18. The molecule has 1 aromatic carbocycles. The van der Waals surface area contributed by atoms with Crippen LogP contribution in [0.5, 0.6) is 0 Å². The standard InChI is InChI=1S/C16H26N2/c1-13(2)16-8-9-18(12-16)11-15-6-4-14(5-7-15)10-17-3/h4-7,13,16-17H,8-12H2,1-3H3. The molecule has 1 unspecified atom stereocenters. The van der Waals surface area contributed by atoms with Crippen molar-refractivity contribution >= 4 is 0 Å². The van der Waals surface area contributed by atoms with Crippen molar-refractivity contribution in [3.63, 3.8) is 0 Å². The van der Waals surface area contributed by atoms with Gasteiger partial charge in [0, 0.05) is 19.6 Å². The molecule has 0 radical (unpaired) electrons. The van der Waals surface area contributed by atoms with E-state index < -0.39 is 0 Å². The van der Waals surface area contributed by atoms with E-state index in [1.807, 2.05) is 7.05 Å². The fourth-order valence-corrected chi connectivity index (χ4v) is 2.78. The molecule has 0 bridgehead atoms. The molecule has 0 aliphatic carbocycles. The van der Waals surface area contributed by atoms with E-state index >= 15 is 0 Å². The lowest BCUT2D eigenvalue weighted by Crippen LogP contribution is -2.21. The van der Waals surface area contributed by atoms with Gasteiger partial charge in [0.2, 0.25) is 0 Å². The first kappa shape index (κ1) is 13.6. The fourth-order valence-electron chi connectivity index (χ4n) is 2.78. The number of nitrogens with zero attached hydrogens (tertiary/aromatic N) is 1. The van der Waals surface area contributed by atoms with Gasteiger partial charge in [-0.2, -0.15) is 0 Å². The predicted octanol–water partition coefficient (Wildman–Crippen LogP) is 2.88. The molecule has 18 heavy (non-hydrogen) atoms. The van der Waals surface area contributed by atoms with Crippen molar-refractivity contribution in [2.75, 3.05) is 20.1 Å². The Balaban J connectivity index is 1.86. The van der Waals surface area contributed by atoms with Crippen LogP contribution in [0.3, 0.4) is 0 Å². The molecule has 2 rings (SSSR count). The molecule has 1 aromatic rings. The molecule has 2 nitrogen and oxygen atoms in total. The minimum Gasteiger partial charge on any atom is -0.316 e. The van der Waals surface area contributed by atoms with Crippen LogP contribution in [-0.2, 0) is 13.1 Å². The zero-order valence-electron chi connectivity index (χ0n) is 11.9. The first-order chi connectivity index (χ1) is 8.69. The number of nitrogens with one attached hydrogen (secondary N) is 1. The molecule has 1 saturated heterocycles. The maximum atomic E-state index is 3.18. The molecule has 0 amide bonds. The molecule has 0 spiro atoms. The Morgan fingerprint density at radius 3 is 2.44 bits per heavy atom. The number of benzene rings is 1. The van der Waals surface area contributed by atoms with E-state index in [-0.39, 0.29) is 0 Å². The van der Waals surface area contributed by atoms with Crippen molar-refractivity contribution < 1.29 is 0 Å². The second kappa shape index (κ2) is 6.35. The predicted molar refractivity (Wildman–Crippen MR) is 77.4 cm³/mol. The number of hydrogen-bond donors (Lipinski definition) is 1. The average molecular weight is 246 g/mol. The number of likely N-dealkylation sites (tertiary alicyclic amines) is 1. The van der Waals surface area contributed by atoms with E-state index in [9.17, 15) is 0 Å². The molecule has 1 fully saturated rings. The van der Waals surface area contributed by atoms with Crippen LogP contribution in [0.1, 0.15) is 31.4 Å². The molecule has 1 heterocycles. The zero-order chi connectivity index (χ0) is 13.0. The van der Waals surface area contributed by atoms with Gasteiger partial charge < -0.3 is 5.32 Å². The summed E-state index contributed by atoms with van der Waals surface area (Å²) in [6.07, 6.45) is 1.37. The van der Waals surface area contributed by atoms with Gasteiger partial charge in [-0.15, -0.1) is 0 Å². The lowest BCUT2D eigenvalue weighted by molar-refractivity contribution is 0.297. The average Bonchev–Trinajstić information content (AvgIpc) is 2.81. The lowest BCUT2D eigenvalue weighted by atomic mass is 9.95. The second-order valence-corrected chi connectivity index (χ2v) is 5.87. The molecule has 1 aliphatic heterocycles. The van der Waals surface area contributed by atoms with Gasteiger partial charge in [-0.1, -0.05) is 38.1 Å². The highest BCUT2D eigenvalue weighted by Gasteiger charge is 2.24. The summed E-state index contributed by atoms with van der Waals surface area (Å²) in [6.45, 7) is 9.31. The van der Waals surface area contributed by atoms with E-state index in [0.29, 0.717) is 0 Å². The first-order valence-electron chi connectivity index (χ1n) is 7.14. The third-order valence-electron chi connectivity index (χ3n) is 4.06. The molecular weight excluding hydrogens is 220 g/mol. The summed E-state index contributed by atoms with van der Waals surface area (Å²) in [6, 6.07) is 9.02. The summed E-state index contributed by atoms with van der Waals surface area (Å²) in [7, 11) is 1.99. The van der Waals surface area contributed by atoms with Crippen LogP contribution < -0.4 is 5.32 Å². The molecular formula is C16H26N2. The monoisotopic (exact) mass is 246 g/mol. The molecule has 2 heteroatoms. The van der Waals surface area contributed by atoms with Gasteiger partial charge in [0.15, 0.2) is 0 Å². The minimum atomic E-state index is 0.827. The Kier molecular flexibility index (Phi) is 4.79. The topological polar surface area (TPSA) is 15.3 Å². The largest absolute Gasteiger partial charge is 0.316 e. The van der Waals surface area contributed by atoms with Gasteiger partial charge in [-0.3, -0.25) is 4.90 Å². The Bertz CT molecular complexity index is 356. The second-order valence-electron chi connectivity index (χ2n) is 5.87. The van der Waals surface area contributed by atoms with Crippen LogP contribution in [-0.4, -0.2) is 25.0 Å². The first-order valence-corrected chi connectivity index (χ1v) is 7.14. The summed E-state index contributed by atoms with van der Waals surface area (Å²) in [4.78, 5) is 2.59. The van der Waals surface area contributed by atoms with Crippen molar-refractivity contribution in [1.82, 2.24) is 10.2 Å². The van der Waals surface area contributed by atoms with Gasteiger partial charge in [0.25, 0.3) is 0 Å². The number of rotatable bonds is 5. The zero-order valence-corrected chi connectivity index (χ0v) is 11.9. The molecule has 0 aromatic heterocycles. The van der Waals surface area contributed by atoms with E-state index in [0.717, 1.165) is 24.9 Å². The third-order valence-corrected chi connectivity index (χ3v) is 4.06. The fraction of sp³-hybridized carbons (Fsp3) is 0.625. The van der Waals surface area contributed by atoms with Crippen LogP contribution in [0, 0.1) is 11.8 Å². The van der Waals surface area contributed by atoms with E-state index in [2.05, 4.69) is 48.3 Å². The van der Waals surface area contributed by atoms with Gasteiger partial charge in [0.05, 0.1) is 0 Å². The van der Waals surface area contributed by atoms with Crippen LogP contribution in [0.4, 0.5) is 0 Å². The molecule has 1 aliphatic rings. The SMILES string of the molecule is CNCc1ccc(CN2CCC(C(C)C)C2)cc1. The molecule has 1 atom stereocenters. The van der Waals surface area contributed by atoms with Crippen molar-refractivity contribution in [2.24, 2.45) is 11.8 Å². The Morgan fingerprint density at radius 1 is 1.22 bits per heavy atom. The highest BCUT2D eigenvalue weighted by Crippen LogP contribution is 2.24. The molecule has 1 N–H and O–H groups in total. The smallest absolute Gasteiger partial charge is 0.0233 e.